The van der Waals surface area contributed by atoms with Crippen LogP contribution in [-0.4, -0.2) is 0 Å². The number of hydrogen-bond donors (Lipinski definition) is 0. The minimum atomic E-state index is 0.724. The molecule has 1 aromatic carbocycles. The third kappa shape index (κ3) is 1.43. The Balaban J connectivity index is 1.97. The fraction of sp³-hybridized carbons (Fsp3) is 0.467. The van der Waals surface area contributed by atoms with Crippen molar-refractivity contribution in [2.45, 2.75) is 38.5 Å². The lowest BCUT2D eigenvalue weighted by Crippen LogP contribution is -2.05. The highest BCUT2D eigenvalue weighted by molar-refractivity contribution is 5.65. The van der Waals surface area contributed by atoms with Gasteiger partial charge in [0.2, 0.25) is 0 Å². The van der Waals surface area contributed by atoms with Gasteiger partial charge < -0.3 is 0 Å². The van der Waals surface area contributed by atoms with Gasteiger partial charge in [-0.15, -0.1) is 0 Å². The molecule has 1 saturated carbocycles. The zero-order chi connectivity index (χ0) is 10.3. The third-order valence-corrected chi connectivity index (χ3v) is 4.09. The zero-order valence-corrected chi connectivity index (χ0v) is 9.37. The molecule has 0 aliphatic heterocycles. The Labute approximate surface area is 92.0 Å². The molecular formula is C15H18. The Morgan fingerprint density at radius 1 is 1.13 bits per heavy atom. The van der Waals surface area contributed by atoms with Gasteiger partial charge in [0.15, 0.2) is 0 Å². The first-order chi connectivity index (χ1) is 7.36. The molecule has 15 heavy (non-hydrogen) atoms. The molecule has 1 unspecified atom stereocenters. The van der Waals surface area contributed by atoms with Gasteiger partial charge in [0, 0.05) is 5.92 Å². The van der Waals surface area contributed by atoms with Crippen LogP contribution in [-0.2, 0) is 0 Å². The van der Waals surface area contributed by atoms with Gasteiger partial charge in [0.05, 0.1) is 0 Å². The summed E-state index contributed by atoms with van der Waals surface area (Å²) >= 11 is 0. The van der Waals surface area contributed by atoms with E-state index in [0.29, 0.717) is 0 Å². The largest absolute Gasteiger partial charge is 0.0761 e. The van der Waals surface area contributed by atoms with Gasteiger partial charge in [-0.3, -0.25) is 0 Å². The molecule has 0 spiro atoms. The molecule has 0 nitrogen and oxygen atoms in total. The van der Waals surface area contributed by atoms with Crippen molar-refractivity contribution in [3.63, 3.8) is 0 Å². The number of fused-ring (bicyclic) bond motifs is 1. The van der Waals surface area contributed by atoms with Gasteiger partial charge in [0.25, 0.3) is 0 Å². The third-order valence-electron chi connectivity index (χ3n) is 4.09. The van der Waals surface area contributed by atoms with Crippen LogP contribution in [0.1, 0.15) is 48.3 Å². The van der Waals surface area contributed by atoms with Crippen molar-refractivity contribution in [3.05, 3.63) is 41.0 Å². The van der Waals surface area contributed by atoms with Crippen molar-refractivity contribution in [1.82, 2.24) is 0 Å². The van der Waals surface area contributed by atoms with Crippen molar-refractivity contribution < 1.29 is 0 Å². The molecule has 0 aromatic heterocycles. The highest BCUT2D eigenvalue weighted by Crippen LogP contribution is 2.43. The van der Waals surface area contributed by atoms with Crippen LogP contribution in [0.3, 0.4) is 0 Å². The van der Waals surface area contributed by atoms with E-state index in [2.05, 4.69) is 37.3 Å². The molecular weight excluding hydrogens is 180 g/mol. The van der Waals surface area contributed by atoms with Crippen molar-refractivity contribution in [2.24, 2.45) is 5.92 Å². The van der Waals surface area contributed by atoms with Crippen LogP contribution < -0.4 is 0 Å². The predicted octanol–water partition coefficient (Wildman–Crippen LogP) is 4.30. The minimum absolute atomic E-state index is 0.724. The van der Waals surface area contributed by atoms with Crippen LogP contribution in [0.4, 0.5) is 0 Å². The van der Waals surface area contributed by atoms with Gasteiger partial charge in [0.1, 0.15) is 0 Å². The molecule has 1 aromatic rings. The molecule has 0 heteroatoms. The first-order valence-corrected chi connectivity index (χ1v) is 6.14. The van der Waals surface area contributed by atoms with E-state index < -0.39 is 0 Å². The molecule has 1 atom stereocenters. The molecule has 0 bridgehead atoms. The van der Waals surface area contributed by atoms with E-state index >= 15 is 0 Å². The highest BCUT2D eigenvalue weighted by Gasteiger charge is 2.28. The van der Waals surface area contributed by atoms with Gasteiger partial charge in [-0.05, 0) is 42.4 Å². The molecule has 78 valence electrons. The summed E-state index contributed by atoms with van der Waals surface area (Å²) in [6.45, 7) is 2.22. The number of allylic oxidation sites excluding steroid dienone is 1. The van der Waals surface area contributed by atoms with E-state index in [1.165, 1.54) is 36.8 Å². The standard InChI is InChI=1S/C15H18/c1-11-5-4-8-15-13(11)9-10-14(15)12-6-2-3-7-12/h4-5,8-10,12,14H,2-3,6-7H2,1H3. The summed E-state index contributed by atoms with van der Waals surface area (Å²) in [6.07, 6.45) is 10.5. The van der Waals surface area contributed by atoms with Crippen molar-refractivity contribution in [3.8, 4) is 0 Å². The summed E-state index contributed by atoms with van der Waals surface area (Å²) in [5, 5.41) is 0. The quantitative estimate of drug-likeness (QED) is 0.631. The predicted molar refractivity (Wildman–Crippen MR) is 64.9 cm³/mol. The van der Waals surface area contributed by atoms with Gasteiger partial charge in [-0.2, -0.15) is 0 Å². The highest BCUT2D eigenvalue weighted by atomic mass is 14.3. The van der Waals surface area contributed by atoms with E-state index in [1.54, 1.807) is 5.56 Å². The lowest BCUT2D eigenvalue weighted by atomic mass is 9.86. The summed E-state index contributed by atoms with van der Waals surface area (Å²) in [5.41, 5.74) is 4.51. The second kappa shape index (κ2) is 3.52. The molecule has 3 rings (SSSR count). The van der Waals surface area contributed by atoms with Gasteiger partial charge >= 0.3 is 0 Å². The number of rotatable bonds is 1. The number of hydrogen-bond acceptors (Lipinski definition) is 0. The van der Waals surface area contributed by atoms with E-state index in [9.17, 15) is 0 Å². The smallest absolute Gasteiger partial charge is 0.00556 e. The van der Waals surface area contributed by atoms with Crippen LogP contribution >= 0.6 is 0 Å². The van der Waals surface area contributed by atoms with E-state index in [0.717, 1.165) is 11.8 Å². The van der Waals surface area contributed by atoms with Crippen LogP contribution in [0.15, 0.2) is 24.3 Å². The van der Waals surface area contributed by atoms with Crippen LogP contribution in [0, 0.1) is 12.8 Å². The minimum Gasteiger partial charge on any atom is -0.0761 e. The summed E-state index contributed by atoms with van der Waals surface area (Å²) in [4.78, 5) is 0. The Kier molecular flexibility index (Phi) is 2.16. The maximum absolute atomic E-state index is 2.44. The fourth-order valence-electron chi connectivity index (χ4n) is 3.25. The molecule has 0 amide bonds. The van der Waals surface area contributed by atoms with Crippen LogP contribution in [0.2, 0.25) is 0 Å². The summed E-state index contributed by atoms with van der Waals surface area (Å²) in [5.74, 6) is 1.65. The van der Waals surface area contributed by atoms with Crippen LogP contribution in [0.5, 0.6) is 0 Å². The van der Waals surface area contributed by atoms with E-state index in [4.69, 9.17) is 0 Å². The maximum Gasteiger partial charge on any atom is 0.00556 e. The van der Waals surface area contributed by atoms with Crippen LogP contribution in [0.25, 0.3) is 6.08 Å². The Morgan fingerprint density at radius 3 is 2.73 bits per heavy atom. The molecule has 0 heterocycles. The SMILES string of the molecule is Cc1cccc2c1C=CC2C1CCCC1. The molecule has 2 aliphatic rings. The summed E-state index contributed by atoms with van der Waals surface area (Å²) < 4.78 is 0. The van der Waals surface area contributed by atoms with Gasteiger partial charge in [-0.25, -0.2) is 0 Å². The topological polar surface area (TPSA) is 0 Å². The molecule has 2 aliphatic carbocycles. The van der Waals surface area contributed by atoms with E-state index in [-0.39, 0.29) is 0 Å². The monoisotopic (exact) mass is 198 g/mol. The Morgan fingerprint density at radius 2 is 1.93 bits per heavy atom. The lowest BCUT2D eigenvalue weighted by Gasteiger charge is -2.18. The number of aryl methyl sites for hydroxylation is 1. The molecule has 0 saturated heterocycles. The Hall–Kier alpha value is -1.04. The Bertz CT molecular complexity index is 394. The second-order valence-corrected chi connectivity index (χ2v) is 5.01. The average Bonchev–Trinajstić information content (AvgIpc) is 2.85. The number of benzene rings is 1. The molecule has 0 radical (unpaired) electrons. The second-order valence-electron chi connectivity index (χ2n) is 5.01. The lowest BCUT2D eigenvalue weighted by molar-refractivity contribution is 0.498. The van der Waals surface area contributed by atoms with Crippen molar-refractivity contribution in [2.75, 3.05) is 0 Å². The van der Waals surface area contributed by atoms with Crippen molar-refractivity contribution in [1.29, 1.82) is 0 Å². The fourth-order valence-corrected chi connectivity index (χ4v) is 3.25. The summed E-state index contributed by atoms with van der Waals surface area (Å²) in [6, 6.07) is 6.76. The molecule has 0 N–H and O–H groups in total. The zero-order valence-electron chi connectivity index (χ0n) is 9.37. The summed E-state index contributed by atoms with van der Waals surface area (Å²) in [7, 11) is 0. The normalized spacial score (nSPS) is 24.7. The first kappa shape index (κ1) is 9.21. The average molecular weight is 198 g/mol. The van der Waals surface area contributed by atoms with Crippen molar-refractivity contribution >= 4 is 6.08 Å². The molecule has 1 fully saturated rings. The maximum atomic E-state index is 2.44. The first-order valence-electron chi connectivity index (χ1n) is 6.14. The van der Waals surface area contributed by atoms with E-state index in [1.807, 2.05) is 0 Å². The van der Waals surface area contributed by atoms with Gasteiger partial charge in [-0.1, -0.05) is 43.2 Å².